The predicted molar refractivity (Wildman–Crippen MR) is 198 cm³/mol. The molecule has 0 saturated carbocycles. The number of nitrogens with one attached hydrogen (secondary N) is 1. The van der Waals surface area contributed by atoms with E-state index in [-0.39, 0.29) is 12.2 Å². The number of rotatable bonds is 2. The lowest BCUT2D eigenvalue weighted by Crippen LogP contribution is -2.39. The molecule has 1 N–H and O–H groups in total. The zero-order valence-electron chi connectivity index (χ0n) is 31.2. The molecule has 2 aliphatic heterocycles. The number of aromatic nitrogens is 4. The summed E-state index contributed by atoms with van der Waals surface area (Å²) >= 11 is 0. The maximum Gasteiger partial charge on any atom is 0.420 e. The highest BCUT2D eigenvalue weighted by Gasteiger charge is 2.27. The second-order valence-corrected chi connectivity index (χ2v) is 15.7. The molecule has 2 amide bonds. The molecular weight excluding hydrogens is 648 g/mol. The number of carbonyl (C=O) groups excluding carboxylic acids is 3. The van der Waals surface area contributed by atoms with E-state index in [9.17, 15) is 14.4 Å². The van der Waals surface area contributed by atoms with Gasteiger partial charge in [-0.15, -0.1) is 0 Å². The smallest absolute Gasteiger partial charge is 0.420 e. The van der Waals surface area contributed by atoms with Crippen LogP contribution in [0.1, 0.15) is 86.3 Å². The van der Waals surface area contributed by atoms with Crippen molar-refractivity contribution in [2.24, 2.45) is 0 Å². The van der Waals surface area contributed by atoms with Crippen LogP contribution in [0.5, 0.6) is 0 Å². The van der Waals surface area contributed by atoms with Crippen LogP contribution in [-0.2, 0) is 14.2 Å². The zero-order valence-corrected chi connectivity index (χ0v) is 31.2. The average Bonchev–Trinajstić information content (AvgIpc) is 3.65. The van der Waals surface area contributed by atoms with Crippen LogP contribution in [0.25, 0.3) is 33.2 Å². The molecule has 0 aliphatic carbocycles. The number of nitrogens with zero attached hydrogens (tertiary/aromatic N) is 5. The Bertz CT molecular complexity index is 1970. The molecule has 0 fully saturated rings. The molecule has 6 rings (SSSR count). The Morgan fingerprint density at radius 3 is 1.67 bits per heavy atom. The summed E-state index contributed by atoms with van der Waals surface area (Å²) < 4.78 is 17.8. The van der Waals surface area contributed by atoms with Crippen molar-refractivity contribution >= 4 is 51.5 Å². The van der Waals surface area contributed by atoms with Crippen molar-refractivity contribution in [2.45, 2.75) is 92.0 Å². The van der Waals surface area contributed by atoms with Crippen LogP contribution in [-0.4, -0.2) is 90.6 Å². The number of hydrogen-bond acceptors (Lipinski definition) is 8. The Balaban J connectivity index is 0.000000205. The molecule has 2 aliphatic rings. The number of carbonyl (C=O) groups is 3. The molecule has 12 heteroatoms. The lowest BCUT2D eigenvalue weighted by atomic mass is 10.00. The largest absolute Gasteiger partial charge is 0.444 e. The van der Waals surface area contributed by atoms with Gasteiger partial charge in [0.15, 0.2) is 0 Å². The van der Waals surface area contributed by atoms with Crippen molar-refractivity contribution in [3.8, 4) is 0 Å². The van der Waals surface area contributed by atoms with E-state index in [1.807, 2.05) is 92.8 Å². The molecule has 4 aromatic rings. The summed E-state index contributed by atoms with van der Waals surface area (Å²) in [5.41, 5.74) is 4.32. The van der Waals surface area contributed by atoms with Gasteiger partial charge in [-0.1, -0.05) is 12.2 Å². The van der Waals surface area contributed by atoms with Gasteiger partial charge in [-0.05, 0) is 111 Å². The third kappa shape index (κ3) is 9.56. The van der Waals surface area contributed by atoms with Gasteiger partial charge in [-0.25, -0.2) is 28.9 Å². The van der Waals surface area contributed by atoms with Gasteiger partial charge in [0.1, 0.15) is 28.1 Å². The summed E-state index contributed by atoms with van der Waals surface area (Å²) in [5.74, 6) is 0. The molecule has 0 saturated heterocycles. The molecule has 0 spiro atoms. The zero-order chi connectivity index (χ0) is 37.1. The van der Waals surface area contributed by atoms with Gasteiger partial charge in [0.2, 0.25) is 0 Å². The summed E-state index contributed by atoms with van der Waals surface area (Å²) in [6, 6.07) is 7.80. The molecule has 0 atom stereocenters. The molecule has 0 aromatic carbocycles. The Morgan fingerprint density at radius 2 is 1.16 bits per heavy atom. The van der Waals surface area contributed by atoms with Gasteiger partial charge < -0.3 is 29.0 Å². The van der Waals surface area contributed by atoms with Gasteiger partial charge in [0, 0.05) is 72.9 Å². The van der Waals surface area contributed by atoms with Crippen molar-refractivity contribution in [1.82, 2.24) is 29.3 Å². The number of aromatic amines is 1. The van der Waals surface area contributed by atoms with Crippen LogP contribution in [0.2, 0.25) is 0 Å². The van der Waals surface area contributed by atoms with E-state index < -0.39 is 22.9 Å². The topological polar surface area (TPSA) is 132 Å². The Labute approximate surface area is 299 Å². The van der Waals surface area contributed by atoms with Crippen molar-refractivity contribution < 1.29 is 28.6 Å². The second kappa shape index (κ2) is 14.6. The fourth-order valence-electron chi connectivity index (χ4n) is 5.80. The molecule has 0 unspecified atom stereocenters. The first-order chi connectivity index (χ1) is 23.9. The third-order valence-electron chi connectivity index (χ3n) is 8.02. The van der Waals surface area contributed by atoms with Crippen molar-refractivity contribution in [2.75, 3.05) is 26.2 Å². The first kappa shape index (κ1) is 37.1. The van der Waals surface area contributed by atoms with E-state index in [1.165, 1.54) is 15.7 Å². The van der Waals surface area contributed by atoms with E-state index in [2.05, 4.69) is 27.1 Å². The SMILES string of the molecule is CC(C)(C)OC(=O)N1CC=C(c2c[nH]c3ncccc23)CC1.CC(C)(C)OC(=O)N1CC=C(c2cn(C(=O)OC(C)(C)C)c3ncccc23)CC1. The Morgan fingerprint density at radius 1 is 0.667 bits per heavy atom. The highest BCUT2D eigenvalue weighted by molar-refractivity contribution is 5.96. The van der Waals surface area contributed by atoms with Crippen LogP contribution in [0, 0.1) is 0 Å². The van der Waals surface area contributed by atoms with Crippen LogP contribution in [0.15, 0.2) is 61.2 Å². The summed E-state index contributed by atoms with van der Waals surface area (Å²) in [5, 5.41) is 2.01. The van der Waals surface area contributed by atoms with E-state index in [0.717, 1.165) is 34.0 Å². The van der Waals surface area contributed by atoms with Crippen LogP contribution >= 0.6 is 0 Å². The summed E-state index contributed by atoms with van der Waals surface area (Å²) in [6.45, 7) is 19.0. The summed E-state index contributed by atoms with van der Waals surface area (Å²) in [6.07, 6.45) is 11.8. The first-order valence-electron chi connectivity index (χ1n) is 17.3. The molecule has 51 heavy (non-hydrogen) atoms. The standard InChI is InChI=1S/C22H29N3O4.C17H21N3O2/c1-21(2,3)28-19(26)24-12-9-15(10-13-24)17-14-25(20(27)29-22(4,5)6)18-16(17)8-7-11-23-18;1-17(2,3)22-16(21)20-9-6-12(7-10-20)14-11-19-15-13(14)5-4-8-18-15/h7-9,11,14H,10,12-13H2,1-6H3;4-6,8,11H,7,9-10H2,1-3H3,(H,18,19). The number of ether oxygens (including phenoxy) is 3. The lowest BCUT2D eigenvalue weighted by Gasteiger charge is -2.29. The van der Waals surface area contributed by atoms with Crippen LogP contribution in [0.3, 0.4) is 0 Å². The summed E-state index contributed by atoms with van der Waals surface area (Å²) in [4.78, 5) is 52.3. The fraction of sp³-hybridized carbons (Fsp3) is 0.462. The predicted octanol–water partition coefficient (Wildman–Crippen LogP) is 8.43. The van der Waals surface area contributed by atoms with Crippen molar-refractivity contribution in [1.29, 1.82) is 0 Å². The lowest BCUT2D eigenvalue weighted by molar-refractivity contribution is 0.0260. The maximum absolute atomic E-state index is 12.7. The number of H-pyrrole nitrogens is 1. The van der Waals surface area contributed by atoms with Gasteiger partial charge in [-0.3, -0.25) is 0 Å². The van der Waals surface area contributed by atoms with E-state index in [4.69, 9.17) is 14.2 Å². The van der Waals surface area contributed by atoms with Crippen molar-refractivity contribution in [3.05, 3.63) is 72.3 Å². The number of pyridine rings is 2. The minimum atomic E-state index is -0.597. The average molecular weight is 699 g/mol. The van der Waals surface area contributed by atoms with Crippen molar-refractivity contribution in [3.63, 3.8) is 0 Å². The maximum atomic E-state index is 12.7. The molecule has 0 radical (unpaired) electrons. The molecule has 4 aromatic heterocycles. The normalized spacial score (nSPS) is 15.5. The third-order valence-corrected chi connectivity index (χ3v) is 8.02. The first-order valence-corrected chi connectivity index (χ1v) is 17.3. The summed E-state index contributed by atoms with van der Waals surface area (Å²) in [7, 11) is 0. The highest BCUT2D eigenvalue weighted by Crippen LogP contribution is 2.32. The van der Waals surface area contributed by atoms with Gasteiger partial charge >= 0.3 is 18.3 Å². The van der Waals surface area contributed by atoms with Crippen LogP contribution < -0.4 is 0 Å². The second-order valence-electron chi connectivity index (χ2n) is 15.7. The Hall–Kier alpha value is -5.13. The number of fused-ring (bicyclic) bond motifs is 2. The molecule has 272 valence electrons. The quantitative estimate of drug-likeness (QED) is 0.206. The van der Waals surface area contributed by atoms with E-state index in [0.29, 0.717) is 38.2 Å². The molecule has 6 heterocycles. The minimum absolute atomic E-state index is 0.247. The fourth-order valence-corrected chi connectivity index (χ4v) is 5.80. The van der Waals surface area contributed by atoms with Gasteiger partial charge in [-0.2, -0.15) is 0 Å². The van der Waals surface area contributed by atoms with Gasteiger partial charge in [0.25, 0.3) is 0 Å². The molecular formula is C39H50N6O6. The number of amides is 2. The monoisotopic (exact) mass is 698 g/mol. The Kier molecular flexibility index (Phi) is 10.6. The molecule has 12 nitrogen and oxygen atoms in total. The molecule has 0 bridgehead atoms. The number of hydrogen-bond donors (Lipinski definition) is 1. The van der Waals surface area contributed by atoms with E-state index >= 15 is 0 Å². The van der Waals surface area contributed by atoms with Gasteiger partial charge in [0.05, 0.1) is 0 Å². The minimum Gasteiger partial charge on any atom is -0.444 e. The highest BCUT2D eigenvalue weighted by atomic mass is 16.6. The van der Waals surface area contributed by atoms with Crippen LogP contribution in [0.4, 0.5) is 14.4 Å². The van der Waals surface area contributed by atoms with E-state index in [1.54, 1.807) is 28.4 Å².